The third kappa shape index (κ3) is 6.26. The Balaban J connectivity index is 1.75. The largest absolute Gasteiger partial charge is 0.494 e. The summed E-state index contributed by atoms with van der Waals surface area (Å²) >= 11 is 5.97. The van der Waals surface area contributed by atoms with Crippen molar-refractivity contribution in [3.05, 3.63) is 71.8 Å². The van der Waals surface area contributed by atoms with Gasteiger partial charge in [-0.15, -0.1) is 0 Å². The van der Waals surface area contributed by atoms with Crippen molar-refractivity contribution < 1.29 is 23.8 Å². The first-order valence-corrected chi connectivity index (χ1v) is 8.46. The van der Waals surface area contributed by atoms with Gasteiger partial charge in [-0.3, -0.25) is 0 Å². The molecule has 5 nitrogen and oxygen atoms in total. The monoisotopic (exact) mass is 374 g/mol. The van der Waals surface area contributed by atoms with Gasteiger partial charge in [-0.05, 0) is 49.2 Å². The molecule has 0 atom stereocenters. The molecule has 0 spiro atoms. The SMILES string of the molecule is C=CC(=O)OCCCCOc1ccc(C(=O)Oc2ccccc2Cl)cc1. The summed E-state index contributed by atoms with van der Waals surface area (Å²) in [5.41, 5.74) is 0.397. The Morgan fingerprint density at radius 2 is 1.69 bits per heavy atom. The maximum atomic E-state index is 12.1. The summed E-state index contributed by atoms with van der Waals surface area (Å²) in [7, 11) is 0. The van der Waals surface area contributed by atoms with Crippen molar-refractivity contribution in [3.63, 3.8) is 0 Å². The molecule has 0 N–H and O–H groups in total. The summed E-state index contributed by atoms with van der Waals surface area (Å²) in [6, 6.07) is 13.4. The zero-order valence-electron chi connectivity index (χ0n) is 14.2. The van der Waals surface area contributed by atoms with E-state index >= 15 is 0 Å². The lowest BCUT2D eigenvalue weighted by Gasteiger charge is -2.08. The molecule has 0 aliphatic carbocycles. The summed E-state index contributed by atoms with van der Waals surface area (Å²) in [4.78, 5) is 23.0. The first-order valence-electron chi connectivity index (χ1n) is 8.09. The second-order valence-electron chi connectivity index (χ2n) is 5.27. The number of hydrogen-bond donors (Lipinski definition) is 0. The summed E-state index contributed by atoms with van der Waals surface area (Å²) in [5.74, 6) is 0.0397. The maximum absolute atomic E-state index is 12.1. The molecular weight excluding hydrogens is 356 g/mol. The van der Waals surface area contributed by atoms with Crippen molar-refractivity contribution >= 4 is 23.5 Å². The maximum Gasteiger partial charge on any atom is 0.343 e. The van der Waals surface area contributed by atoms with Crippen molar-refractivity contribution in [2.75, 3.05) is 13.2 Å². The summed E-state index contributed by atoms with van der Waals surface area (Å²) < 4.78 is 15.7. The Hall–Kier alpha value is -2.79. The van der Waals surface area contributed by atoms with Gasteiger partial charge in [0.1, 0.15) is 11.5 Å². The normalized spacial score (nSPS) is 10.0. The molecule has 0 fully saturated rings. The van der Waals surface area contributed by atoms with E-state index in [0.717, 1.165) is 12.5 Å². The van der Waals surface area contributed by atoms with Crippen LogP contribution < -0.4 is 9.47 Å². The highest BCUT2D eigenvalue weighted by atomic mass is 35.5. The fraction of sp³-hybridized carbons (Fsp3) is 0.200. The standard InChI is InChI=1S/C20H19ClO5/c1-2-19(22)25-14-6-5-13-24-16-11-9-15(10-12-16)20(23)26-18-8-4-3-7-17(18)21/h2-4,7-12H,1,5-6,13-14H2. The van der Waals surface area contributed by atoms with E-state index < -0.39 is 11.9 Å². The minimum Gasteiger partial charge on any atom is -0.494 e. The van der Waals surface area contributed by atoms with Crippen molar-refractivity contribution in [2.45, 2.75) is 12.8 Å². The average molecular weight is 375 g/mol. The van der Waals surface area contributed by atoms with E-state index in [2.05, 4.69) is 6.58 Å². The van der Waals surface area contributed by atoms with Gasteiger partial charge in [0.15, 0.2) is 0 Å². The molecule has 0 aliphatic rings. The van der Waals surface area contributed by atoms with E-state index in [1.54, 1.807) is 48.5 Å². The minimum absolute atomic E-state index is 0.316. The molecule has 2 aromatic carbocycles. The topological polar surface area (TPSA) is 61.8 Å². The molecule has 0 heterocycles. The quantitative estimate of drug-likeness (QED) is 0.281. The van der Waals surface area contributed by atoms with E-state index in [9.17, 15) is 9.59 Å². The second-order valence-corrected chi connectivity index (χ2v) is 5.68. The van der Waals surface area contributed by atoms with Crippen LogP contribution in [0.2, 0.25) is 5.02 Å². The second kappa shape index (κ2) is 10.3. The van der Waals surface area contributed by atoms with E-state index in [-0.39, 0.29) is 0 Å². The highest BCUT2D eigenvalue weighted by molar-refractivity contribution is 6.32. The zero-order valence-corrected chi connectivity index (χ0v) is 14.9. The lowest BCUT2D eigenvalue weighted by atomic mass is 10.2. The lowest BCUT2D eigenvalue weighted by Crippen LogP contribution is -2.08. The van der Waals surface area contributed by atoms with Gasteiger partial charge >= 0.3 is 11.9 Å². The number of para-hydroxylation sites is 1. The molecule has 0 aliphatic heterocycles. The van der Waals surface area contributed by atoms with E-state index in [1.807, 2.05) is 0 Å². The smallest absolute Gasteiger partial charge is 0.343 e. The van der Waals surface area contributed by atoms with Crippen molar-refractivity contribution in [1.82, 2.24) is 0 Å². The molecule has 26 heavy (non-hydrogen) atoms. The van der Waals surface area contributed by atoms with Gasteiger partial charge < -0.3 is 14.2 Å². The third-order valence-corrected chi connectivity index (χ3v) is 3.66. The van der Waals surface area contributed by atoms with Gasteiger partial charge in [0.05, 0.1) is 23.8 Å². The van der Waals surface area contributed by atoms with Crippen LogP contribution in [0.25, 0.3) is 0 Å². The first-order chi connectivity index (χ1) is 12.6. The van der Waals surface area contributed by atoms with Crippen LogP contribution in [-0.2, 0) is 9.53 Å². The fourth-order valence-corrected chi connectivity index (χ4v) is 2.17. The number of halogens is 1. The molecule has 0 unspecified atom stereocenters. The van der Waals surface area contributed by atoms with Gasteiger partial charge in [-0.25, -0.2) is 9.59 Å². The number of benzene rings is 2. The van der Waals surface area contributed by atoms with E-state index in [0.29, 0.717) is 41.7 Å². The Labute approximate surface area is 157 Å². The molecule has 2 aromatic rings. The number of ether oxygens (including phenoxy) is 3. The highest BCUT2D eigenvalue weighted by Gasteiger charge is 2.10. The number of carbonyl (C=O) groups excluding carboxylic acids is 2. The molecule has 0 aromatic heterocycles. The number of carbonyl (C=O) groups is 2. The van der Waals surface area contributed by atoms with E-state index in [1.165, 1.54) is 0 Å². The third-order valence-electron chi connectivity index (χ3n) is 3.35. The van der Waals surface area contributed by atoms with Gasteiger partial charge in [0.25, 0.3) is 0 Å². The lowest BCUT2D eigenvalue weighted by molar-refractivity contribution is -0.137. The van der Waals surface area contributed by atoms with E-state index in [4.69, 9.17) is 25.8 Å². The summed E-state index contributed by atoms with van der Waals surface area (Å²) in [6.07, 6.45) is 2.57. The van der Waals surface area contributed by atoms with Crippen LogP contribution in [0, 0.1) is 0 Å². The Morgan fingerprint density at radius 1 is 1.00 bits per heavy atom. The molecule has 0 radical (unpaired) electrons. The minimum atomic E-state index is -0.492. The Morgan fingerprint density at radius 3 is 2.38 bits per heavy atom. The summed E-state index contributed by atoms with van der Waals surface area (Å²) in [5, 5.41) is 0.375. The average Bonchev–Trinajstić information content (AvgIpc) is 2.66. The Bertz CT molecular complexity index is 755. The molecule has 2 rings (SSSR count). The predicted molar refractivity (Wildman–Crippen MR) is 98.7 cm³/mol. The molecular formula is C20H19ClO5. The zero-order chi connectivity index (χ0) is 18.8. The molecule has 6 heteroatoms. The van der Waals surface area contributed by atoms with Crippen LogP contribution in [-0.4, -0.2) is 25.2 Å². The fourth-order valence-electron chi connectivity index (χ4n) is 2.00. The predicted octanol–water partition coefficient (Wildman–Crippen LogP) is 4.45. The van der Waals surface area contributed by atoms with Crippen molar-refractivity contribution in [3.8, 4) is 11.5 Å². The van der Waals surface area contributed by atoms with Gasteiger partial charge in [-0.2, -0.15) is 0 Å². The number of rotatable bonds is 9. The van der Waals surface area contributed by atoms with Crippen LogP contribution in [0.15, 0.2) is 61.2 Å². The molecule has 0 bridgehead atoms. The van der Waals surface area contributed by atoms with Gasteiger partial charge in [-0.1, -0.05) is 30.3 Å². The number of esters is 2. The van der Waals surface area contributed by atoms with Gasteiger partial charge in [0.2, 0.25) is 0 Å². The summed E-state index contributed by atoms with van der Waals surface area (Å²) in [6.45, 7) is 4.14. The van der Waals surface area contributed by atoms with Crippen LogP contribution in [0.1, 0.15) is 23.2 Å². The number of hydrogen-bond acceptors (Lipinski definition) is 5. The van der Waals surface area contributed by atoms with Crippen LogP contribution in [0.4, 0.5) is 0 Å². The van der Waals surface area contributed by atoms with Crippen molar-refractivity contribution in [2.24, 2.45) is 0 Å². The number of unbranched alkanes of at least 4 members (excludes halogenated alkanes) is 1. The van der Waals surface area contributed by atoms with Crippen molar-refractivity contribution in [1.29, 1.82) is 0 Å². The highest BCUT2D eigenvalue weighted by Crippen LogP contribution is 2.24. The molecule has 136 valence electrons. The molecule has 0 amide bonds. The molecule has 0 saturated heterocycles. The van der Waals surface area contributed by atoms with Crippen LogP contribution in [0.5, 0.6) is 11.5 Å². The molecule has 0 saturated carbocycles. The van der Waals surface area contributed by atoms with Crippen LogP contribution in [0.3, 0.4) is 0 Å². The Kier molecular flexibility index (Phi) is 7.71. The van der Waals surface area contributed by atoms with Gasteiger partial charge in [0, 0.05) is 6.08 Å². The van der Waals surface area contributed by atoms with Crippen LogP contribution >= 0.6 is 11.6 Å². The first kappa shape index (κ1) is 19.5.